The molecule has 0 aliphatic rings. The maximum atomic E-state index is 10.5. The molecular formula is C11H13N3O3S. The summed E-state index contributed by atoms with van der Waals surface area (Å²) in [4.78, 5) is 0. The molecule has 0 bridgehead atoms. The molecule has 2 aromatic rings. The number of fused-ring (bicyclic) bond motifs is 1. The standard InChI is InChI=1S/C11H13N3O3S/c1-9(8-12-18(15,16)17)14-7-6-10-4-2-3-5-11(10)13-14/h2-7,9,12H,8H2,1H3/t9-/m1/s1. The van der Waals surface area contributed by atoms with Gasteiger partial charge in [-0.25, -0.2) is 13.1 Å². The van der Waals surface area contributed by atoms with E-state index in [1.807, 2.05) is 35.1 Å². The molecule has 6 nitrogen and oxygen atoms in total. The topological polar surface area (TPSA) is 86.0 Å². The first kappa shape index (κ1) is 12.9. The zero-order chi connectivity index (χ0) is 13.2. The SMILES string of the molecule is C[C@H](CNS(=O)(=O)[O-])[n+]1ccc2ccccc2n1. The largest absolute Gasteiger partial charge is 0.735 e. The molecule has 1 atom stereocenters. The van der Waals surface area contributed by atoms with Gasteiger partial charge >= 0.3 is 0 Å². The van der Waals surface area contributed by atoms with Gasteiger partial charge in [-0.1, -0.05) is 22.9 Å². The smallest absolute Gasteiger partial charge is 0.197 e. The van der Waals surface area contributed by atoms with Crippen molar-refractivity contribution in [3.8, 4) is 0 Å². The number of hydrogen-bond acceptors (Lipinski definition) is 4. The van der Waals surface area contributed by atoms with Crippen LogP contribution in [0.2, 0.25) is 0 Å². The number of nitrogens with zero attached hydrogens (tertiary/aromatic N) is 2. The zero-order valence-corrected chi connectivity index (χ0v) is 10.6. The molecule has 1 N–H and O–H groups in total. The first-order valence-electron chi connectivity index (χ1n) is 5.43. The van der Waals surface area contributed by atoms with Crippen LogP contribution in [0.3, 0.4) is 0 Å². The monoisotopic (exact) mass is 267 g/mol. The third-order valence-electron chi connectivity index (χ3n) is 2.57. The predicted octanol–water partition coefficient (Wildman–Crippen LogP) is 0.133. The normalized spacial score (nSPS) is 13.7. The van der Waals surface area contributed by atoms with E-state index in [4.69, 9.17) is 0 Å². The molecule has 0 aliphatic heterocycles. The molecule has 1 aromatic heterocycles. The maximum absolute atomic E-state index is 10.5. The Morgan fingerprint density at radius 3 is 2.83 bits per heavy atom. The number of benzene rings is 1. The van der Waals surface area contributed by atoms with Crippen LogP contribution < -0.4 is 9.40 Å². The minimum Gasteiger partial charge on any atom is -0.735 e. The van der Waals surface area contributed by atoms with Crippen LogP contribution in [0.4, 0.5) is 0 Å². The minimum atomic E-state index is -4.41. The summed E-state index contributed by atoms with van der Waals surface area (Å²) in [5.41, 5.74) is 0.817. The molecule has 0 aliphatic carbocycles. The lowest BCUT2D eigenvalue weighted by atomic mass is 10.2. The third-order valence-corrected chi connectivity index (χ3v) is 3.09. The Balaban J connectivity index is 2.20. The van der Waals surface area contributed by atoms with Crippen molar-refractivity contribution in [3.63, 3.8) is 0 Å². The van der Waals surface area contributed by atoms with E-state index in [-0.39, 0.29) is 12.6 Å². The molecule has 1 aromatic carbocycles. The maximum Gasteiger partial charge on any atom is 0.197 e. The van der Waals surface area contributed by atoms with E-state index >= 15 is 0 Å². The van der Waals surface area contributed by atoms with Gasteiger partial charge in [0.15, 0.2) is 22.5 Å². The highest BCUT2D eigenvalue weighted by molar-refractivity contribution is 7.83. The summed E-state index contributed by atoms with van der Waals surface area (Å²) in [6.45, 7) is 1.79. The van der Waals surface area contributed by atoms with Gasteiger partial charge in [-0.05, 0) is 6.07 Å². The molecule has 0 amide bonds. The molecule has 0 unspecified atom stereocenters. The number of nitrogens with one attached hydrogen (secondary N) is 1. The fourth-order valence-corrected chi connectivity index (χ4v) is 2.04. The van der Waals surface area contributed by atoms with E-state index in [1.54, 1.807) is 17.8 Å². The summed E-state index contributed by atoms with van der Waals surface area (Å²) in [6, 6.07) is 9.27. The first-order chi connectivity index (χ1) is 8.46. The molecule has 0 spiro atoms. The number of rotatable bonds is 4. The van der Waals surface area contributed by atoms with E-state index in [2.05, 4.69) is 5.10 Å². The fraction of sp³-hybridized carbons (Fsp3) is 0.273. The highest BCUT2D eigenvalue weighted by Gasteiger charge is 2.15. The van der Waals surface area contributed by atoms with Gasteiger partial charge in [0.1, 0.15) is 5.52 Å². The van der Waals surface area contributed by atoms with Crippen LogP contribution in [0.15, 0.2) is 36.5 Å². The predicted molar refractivity (Wildman–Crippen MR) is 64.3 cm³/mol. The minimum absolute atomic E-state index is 0.0157. The molecule has 2 rings (SSSR count). The van der Waals surface area contributed by atoms with Gasteiger partial charge in [0.05, 0.1) is 6.54 Å². The van der Waals surface area contributed by atoms with Crippen LogP contribution in [-0.4, -0.2) is 24.6 Å². The van der Waals surface area contributed by atoms with Gasteiger partial charge in [-0.15, -0.1) is 0 Å². The number of hydrogen-bond donors (Lipinski definition) is 1. The molecule has 18 heavy (non-hydrogen) atoms. The summed E-state index contributed by atoms with van der Waals surface area (Å²) in [6.07, 6.45) is 1.76. The Hall–Kier alpha value is -1.57. The van der Waals surface area contributed by atoms with Crippen LogP contribution >= 0.6 is 0 Å². The lowest BCUT2D eigenvalue weighted by Crippen LogP contribution is -2.46. The van der Waals surface area contributed by atoms with Crippen molar-refractivity contribution < 1.29 is 17.7 Å². The molecule has 0 fully saturated rings. The van der Waals surface area contributed by atoms with Gasteiger partial charge in [-0.2, -0.15) is 0 Å². The number of aromatic nitrogens is 2. The second kappa shape index (κ2) is 4.97. The Morgan fingerprint density at radius 1 is 1.39 bits per heavy atom. The Labute approximate surface area is 105 Å². The van der Waals surface area contributed by atoms with Crippen LogP contribution in [0.25, 0.3) is 10.9 Å². The average Bonchev–Trinajstić information content (AvgIpc) is 2.34. The van der Waals surface area contributed by atoms with Gasteiger partial charge in [-0.3, -0.25) is 0 Å². The third kappa shape index (κ3) is 3.22. The lowest BCUT2D eigenvalue weighted by Gasteiger charge is -2.10. The van der Waals surface area contributed by atoms with E-state index in [1.165, 1.54) is 0 Å². The molecule has 7 heteroatoms. The van der Waals surface area contributed by atoms with Crippen LogP contribution in [0.5, 0.6) is 0 Å². The van der Waals surface area contributed by atoms with Crippen LogP contribution in [0, 0.1) is 0 Å². The average molecular weight is 267 g/mol. The van der Waals surface area contributed by atoms with Crippen molar-refractivity contribution in [2.75, 3.05) is 6.54 Å². The highest BCUT2D eigenvalue weighted by atomic mass is 32.2. The van der Waals surface area contributed by atoms with Crippen molar-refractivity contribution in [2.24, 2.45) is 0 Å². The molecule has 96 valence electrons. The Morgan fingerprint density at radius 2 is 2.11 bits per heavy atom. The van der Waals surface area contributed by atoms with Crippen molar-refractivity contribution in [1.29, 1.82) is 0 Å². The van der Waals surface area contributed by atoms with Crippen molar-refractivity contribution in [2.45, 2.75) is 13.0 Å². The summed E-state index contributed by atoms with van der Waals surface area (Å²) < 4.78 is 35.0. The van der Waals surface area contributed by atoms with E-state index in [9.17, 15) is 13.0 Å². The van der Waals surface area contributed by atoms with Gasteiger partial charge in [0, 0.05) is 23.5 Å². The summed E-state index contributed by atoms with van der Waals surface area (Å²) >= 11 is 0. The second-order valence-electron chi connectivity index (χ2n) is 4.01. The molecule has 0 saturated carbocycles. The quantitative estimate of drug-likeness (QED) is 0.630. The molecule has 1 heterocycles. The van der Waals surface area contributed by atoms with E-state index < -0.39 is 10.3 Å². The van der Waals surface area contributed by atoms with Crippen molar-refractivity contribution in [1.82, 2.24) is 9.82 Å². The molecule has 0 radical (unpaired) electrons. The van der Waals surface area contributed by atoms with Gasteiger partial charge < -0.3 is 4.55 Å². The Bertz CT molecular complexity index is 657. The van der Waals surface area contributed by atoms with Crippen LogP contribution in [0.1, 0.15) is 13.0 Å². The van der Waals surface area contributed by atoms with E-state index in [0.717, 1.165) is 10.9 Å². The lowest BCUT2D eigenvalue weighted by molar-refractivity contribution is -0.770. The highest BCUT2D eigenvalue weighted by Crippen LogP contribution is 2.07. The van der Waals surface area contributed by atoms with Crippen molar-refractivity contribution in [3.05, 3.63) is 36.5 Å². The Kier molecular flexibility index (Phi) is 3.55. The molecular weight excluding hydrogens is 254 g/mol. The van der Waals surface area contributed by atoms with Crippen molar-refractivity contribution >= 4 is 21.2 Å². The summed E-state index contributed by atoms with van der Waals surface area (Å²) in [7, 11) is -4.41. The zero-order valence-electron chi connectivity index (χ0n) is 9.78. The van der Waals surface area contributed by atoms with Gasteiger partial charge in [0.2, 0.25) is 0 Å². The summed E-state index contributed by atoms with van der Waals surface area (Å²) in [5.74, 6) is 0. The van der Waals surface area contributed by atoms with Crippen LogP contribution in [-0.2, 0) is 10.3 Å². The van der Waals surface area contributed by atoms with E-state index in [0.29, 0.717) is 0 Å². The second-order valence-corrected chi connectivity index (χ2v) is 5.20. The van der Waals surface area contributed by atoms with Gasteiger partial charge in [0.25, 0.3) is 0 Å². The summed E-state index contributed by atoms with van der Waals surface area (Å²) in [5, 5.41) is 5.36. The fourth-order valence-electron chi connectivity index (χ4n) is 1.60. The first-order valence-corrected chi connectivity index (χ1v) is 6.84. The molecule has 0 saturated heterocycles.